The molecule has 33 heavy (non-hydrogen) atoms. The summed E-state index contributed by atoms with van der Waals surface area (Å²) >= 11 is 12.3. The summed E-state index contributed by atoms with van der Waals surface area (Å²) in [5.41, 5.74) is 0.521. The van der Waals surface area contributed by atoms with Gasteiger partial charge in [-0.15, -0.1) is 0 Å². The lowest BCUT2D eigenvalue weighted by Gasteiger charge is -2.17. The molecule has 0 saturated carbocycles. The summed E-state index contributed by atoms with van der Waals surface area (Å²) in [6, 6.07) is 4.66. The van der Waals surface area contributed by atoms with Gasteiger partial charge in [0.1, 0.15) is 33.7 Å². The second kappa shape index (κ2) is 12.3. The lowest BCUT2D eigenvalue weighted by molar-refractivity contribution is -0.126. The number of carbonyl (C=O) groups is 2. The SMILES string of the molecule is CCOc1cc(Cl)cc(OCC)c1NC(=O)C(N=Nc1cc(OC)c(Cl)c(OC)c1)C(C)=O. The smallest absolute Gasteiger partial charge is 0.259 e. The Labute approximate surface area is 202 Å². The fraction of sp³-hybridized carbons (Fsp3) is 0.364. The van der Waals surface area contributed by atoms with Crippen molar-refractivity contribution in [2.24, 2.45) is 10.2 Å². The van der Waals surface area contributed by atoms with Crippen LogP contribution in [0.1, 0.15) is 20.8 Å². The van der Waals surface area contributed by atoms with E-state index in [9.17, 15) is 9.59 Å². The first-order valence-electron chi connectivity index (χ1n) is 9.98. The molecule has 0 aliphatic heterocycles. The van der Waals surface area contributed by atoms with Crippen LogP contribution in [0, 0.1) is 0 Å². The first-order valence-corrected chi connectivity index (χ1v) is 10.7. The van der Waals surface area contributed by atoms with Gasteiger partial charge < -0.3 is 24.3 Å². The number of methoxy groups -OCH3 is 2. The molecule has 178 valence electrons. The highest BCUT2D eigenvalue weighted by Gasteiger charge is 2.26. The predicted octanol–water partition coefficient (Wildman–Crippen LogP) is 5.49. The summed E-state index contributed by atoms with van der Waals surface area (Å²) < 4.78 is 21.5. The molecule has 1 N–H and O–H groups in total. The van der Waals surface area contributed by atoms with E-state index in [-0.39, 0.29) is 16.4 Å². The van der Waals surface area contributed by atoms with E-state index in [4.69, 9.17) is 42.1 Å². The summed E-state index contributed by atoms with van der Waals surface area (Å²) in [5.74, 6) is -0.0332. The molecule has 2 rings (SSSR count). The molecule has 0 saturated heterocycles. The number of azo groups is 1. The van der Waals surface area contributed by atoms with E-state index in [2.05, 4.69) is 15.5 Å². The molecule has 0 bridgehead atoms. The first-order chi connectivity index (χ1) is 15.7. The topological polar surface area (TPSA) is 108 Å². The largest absolute Gasteiger partial charge is 0.495 e. The summed E-state index contributed by atoms with van der Waals surface area (Å²) in [6.07, 6.45) is 0. The number of nitrogens with one attached hydrogen (secondary N) is 1. The average molecular weight is 498 g/mol. The van der Waals surface area contributed by atoms with Crippen molar-refractivity contribution in [3.05, 3.63) is 34.3 Å². The van der Waals surface area contributed by atoms with Crippen LogP contribution in [0.3, 0.4) is 0 Å². The molecule has 1 atom stereocenters. The van der Waals surface area contributed by atoms with Gasteiger partial charge in [0.25, 0.3) is 5.91 Å². The number of rotatable bonds is 11. The molecule has 11 heteroatoms. The minimum atomic E-state index is -1.43. The molecule has 9 nitrogen and oxygen atoms in total. The van der Waals surface area contributed by atoms with E-state index < -0.39 is 17.7 Å². The maximum atomic E-state index is 13.0. The number of hydrogen-bond acceptors (Lipinski definition) is 8. The van der Waals surface area contributed by atoms with Crippen LogP contribution in [0.4, 0.5) is 11.4 Å². The van der Waals surface area contributed by atoms with Gasteiger partial charge in [0.05, 0.1) is 33.1 Å². The Kier molecular flexibility index (Phi) is 9.74. The number of Topliss-reactive ketones (excluding diaryl/α,β-unsaturated/α-hetero) is 1. The molecule has 2 aromatic rings. The van der Waals surface area contributed by atoms with E-state index in [1.54, 1.807) is 26.0 Å². The zero-order chi connectivity index (χ0) is 24.5. The molecule has 0 aliphatic rings. The van der Waals surface area contributed by atoms with Crippen molar-refractivity contribution in [1.82, 2.24) is 0 Å². The van der Waals surface area contributed by atoms with Crippen LogP contribution in [0.15, 0.2) is 34.5 Å². The van der Waals surface area contributed by atoms with Gasteiger partial charge in [-0.2, -0.15) is 10.2 Å². The Morgan fingerprint density at radius 2 is 1.45 bits per heavy atom. The number of amides is 1. The normalized spacial score (nSPS) is 11.7. The fourth-order valence-electron chi connectivity index (χ4n) is 2.77. The number of carbonyl (C=O) groups excluding carboxylic acids is 2. The van der Waals surface area contributed by atoms with Crippen molar-refractivity contribution in [2.45, 2.75) is 26.8 Å². The Hall–Kier alpha value is -3.04. The minimum Gasteiger partial charge on any atom is -0.495 e. The van der Waals surface area contributed by atoms with Gasteiger partial charge in [0.2, 0.25) is 6.04 Å². The number of anilines is 1. The van der Waals surface area contributed by atoms with Crippen LogP contribution < -0.4 is 24.3 Å². The molecule has 0 aliphatic carbocycles. The van der Waals surface area contributed by atoms with Crippen molar-refractivity contribution >= 4 is 46.3 Å². The van der Waals surface area contributed by atoms with Crippen LogP contribution in [-0.4, -0.2) is 45.2 Å². The van der Waals surface area contributed by atoms with Crippen LogP contribution in [-0.2, 0) is 9.59 Å². The van der Waals surface area contributed by atoms with E-state index >= 15 is 0 Å². The molecule has 1 amide bonds. The van der Waals surface area contributed by atoms with Gasteiger partial charge in [0.15, 0.2) is 5.78 Å². The predicted molar refractivity (Wildman–Crippen MR) is 126 cm³/mol. The number of halogens is 2. The number of nitrogens with zero attached hydrogens (tertiary/aromatic N) is 2. The Morgan fingerprint density at radius 1 is 0.939 bits per heavy atom. The average Bonchev–Trinajstić information content (AvgIpc) is 2.77. The fourth-order valence-corrected chi connectivity index (χ4v) is 3.23. The van der Waals surface area contributed by atoms with Crippen LogP contribution >= 0.6 is 23.2 Å². The second-order valence-electron chi connectivity index (χ2n) is 6.53. The highest BCUT2D eigenvalue weighted by molar-refractivity contribution is 6.33. The molecule has 0 radical (unpaired) electrons. The number of hydrogen-bond donors (Lipinski definition) is 1. The van der Waals surface area contributed by atoms with Crippen molar-refractivity contribution in [2.75, 3.05) is 32.8 Å². The molecule has 2 aromatic carbocycles. The second-order valence-corrected chi connectivity index (χ2v) is 7.34. The quantitative estimate of drug-likeness (QED) is 0.324. The van der Waals surface area contributed by atoms with Crippen LogP contribution in [0.2, 0.25) is 10.0 Å². The van der Waals surface area contributed by atoms with E-state index in [1.165, 1.54) is 33.3 Å². The van der Waals surface area contributed by atoms with E-state index in [0.717, 1.165) is 0 Å². The molecular weight excluding hydrogens is 473 g/mol. The van der Waals surface area contributed by atoms with Crippen molar-refractivity contribution in [1.29, 1.82) is 0 Å². The number of benzene rings is 2. The van der Waals surface area contributed by atoms with Crippen molar-refractivity contribution in [3.63, 3.8) is 0 Å². The Morgan fingerprint density at radius 3 is 1.88 bits per heavy atom. The van der Waals surface area contributed by atoms with Crippen molar-refractivity contribution in [3.8, 4) is 23.0 Å². The highest BCUT2D eigenvalue weighted by atomic mass is 35.5. The third kappa shape index (κ3) is 6.72. The van der Waals surface area contributed by atoms with Crippen LogP contribution in [0.5, 0.6) is 23.0 Å². The van der Waals surface area contributed by atoms with E-state index in [1.807, 2.05) is 0 Å². The molecule has 1 unspecified atom stereocenters. The lowest BCUT2D eigenvalue weighted by Crippen LogP contribution is -2.32. The standard InChI is InChI=1S/C22H25Cl2N3O6/c1-6-32-17-8-13(23)9-18(33-7-2)21(17)25-22(29)20(12(3)28)27-26-14-10-15(30-4)19(24)16(11-14)31-5/h8-11,20H,6-7H2,1-5H3,(H,25,29). The van der Waals surface area contributed by atoms with Crippen LogP contribution in [0.25, 0.3) is 0 Å². The summed E-state index contributed by atoms with van der Waals surface area (Å²) in [4.78, 5) is 25.2. The van der Waals surface area contributed by atoms with Gasteiger partial charge >= 0.3 is 0 Å². The monoisotopic (exact) mass is 497 g/mol. The number of ether oxygens (including phenoxy) is 4. The number of ketones is 1. The molecule has 0 spiro atoms. The van der Waals surface area contributed by atoms with Gasteiger partial charge in [-0.3, -0.25) is 9.59 Å². The van der Waals surface area contributed by atoms with E-state index in [0.29, 0.717) is 41.2 Å². The summed E-state index contributed by atoms with van der Waals surface area (Å²) in [6.45, 7) is 5.46. The van der Waals surface area contributed by atoms with Gasteiger partial charge in [-0.25, -0.2) is 0 Å². The maximum Gasteiger partial charge on any atom is 0.259 e. The zero-order valence-corrected chi connectivity index (χ0v) is 20.4. The summed E-state index contributed by atoms with van der Waals surface area (Å²) in [7, 11) is 2.87. The highest BCUT2D eigenvalue weighted by Crippen LogP contribution is 2.39. The lowest BCUT2D eigenvalue weighted by atomic mass is 10.2. The van der Waals surface area contributed by atoms with Gasteiger partial charge in [-0.1, -0.05) is 23.2 Å². The first kappa shape index (κ1) is 26.2. The van der Waals surface area contributed by atoms with Gasteiger partial charge in [-0.05, 0) is 20.8 Å². The van der Waals surface area contributed by atoms with Gasteiger partial charge in [0, 0.05) is 29.3 Å². The summed E-state index contributed by atoms with van der Waals surface area (Å²) in [5, 5.41) is 11.2. The molecule has 0 fully saturated rings. The molecule has 0 aromatic heterocycles. The molecule has 0 heterocycles. The third-order valence-corrected chi connectivity index (χ3v) is 4.82. The minimum absolute atomic E-state index is 0.240. The molecular formula is C22H25Cl2N3O6. The third-order valence-electron chi connectivity index (χ3n) is 4.23. The Balaban J connectivity index is 2.39. The maximum absolute atomic E-state index is 13.0. The van der Waals surface area contributed by atoms with Crippen molar-refractivity contribution < 1.29 is 28.5 Å². The Bertz CT molecular complexity index is 993. The zero-order valence-electron chi connectivity index (χ0n) is 18.9.